The molecule has 1 saturated heterocycles. The number of anilines is 1. The van der Waals surface area contributed by atoms with Crippen LogP contribution in [0.15, 0.2) is 17.1 Å². The smallest absolute Gasteiger partial charge is 0.351 e. The Morgan fingerprint density at radius 3 is 2.89 bits per heavy atom. The van der Waals surface area contributed by atoms with E-state index in [4.69, 9.17) is 15.6 Å². The molecule has 1 aliphatic heterocycles. The average molecular weight is 259 g/mol. The van der Waals surface area contributed by atoms with E-state index >= 15 is 0 Å². The van der Waals surface area contributed by atoms with E-state index in [1.54, 1.807) is 0 Å². The lowest BCUT2D eigenvalue weighted by atomic mass is 9.98. The fraction of sp³-hybridized carbons (Fsp3) is 0.600. The van der Waals surface area contributed by atoms with Crippen molar-refractivity contribution in [2.75, 3.05) is 12.3 Å². The summed E-state index contributed by atoms with van der Waals surface area (Å²) in [5.74, 6) is 0.00839. The van der Waals surface area contributed by atoms with Gasteiger partial charge >= 0.3 is 5.69 Å². The van der Waals surface area contributed by atoms with E-state index in [0.717, 1.165) is 11.5 Å². The third kappa shape index (κ3) is 1.88. The summed E-state index contributed by atoms with van der Waals surface area (Å²) in [4.78, 5) is 15.1. The van der Waals surface area contributed by atoms with Gasteiger partial charge in [0.05, 0.1) is 6.61 Å². The summed E-state index contributed by atoms with van der Waals surface area (Å²) >= 11 is 0. The maximum absolute atomic E-state index is 14.4. The number of aromatic nitrogens is 2. The first-order valence-electron chi connectivity index (χ1n) is 5.36. The van der Waals surface area contributed by atoms with Crippen LogP contribution in [0.2, 0.25) is 0 Å². The predicted octanol–water partition coefficient (Wildman–Crippen LogP) is -1.20. The molecule has 0 bridgehead atoms. The Balaban J connectivity index is 2.42. The molecule has 0 spiro atoms. The quantitative estimate of drug-likeness (QED) is 0.615. The lowest BCUT2D eigenvalue weighted by Crippen LogP contribution is -2.42. The molecule has 18 heavy (non-hydrogen) atoms. The van der Waals surface area contributed by atoms with Gasteiger partial charge in [-0.3, -0.25) is 4.57 Å². The van der Waals surface area contributed by atoms with Crippen LogP contribution in [0.5, 0.6) is 0 Å². The zero-order valence-electron chi connectivity index (χ0n) is 9.65. The van der Waals surface area contributed by atoms with Crippen molar-refractivity contribution in [3.63, 3.8) is 0 Å². The molecule has 1 aromatic heterocycles. The second-order valence-corrected chi connectivity index (χ2v) is 4.35. The SMILES string of the molecule is C[C@@]1(F)[C@H](O)[C@@H](CO)O[C@@H]1n1ccc(N)nc1=O. The van der Waals surface area contributed by atoms with Crippen LogP contribution in [-0.4, -0.2) is 44.2 Å². The molecule has 0 aromatic carbocycles. The molecular formula is C10H14FN3O4. The van der Waals surface area contributed by atoms with Crippen LogP contribution >= 0.6 is 0 Å². The van der Waals surface area contributed by atoms with Gasteiger partial charge in [0.1, 0.15) is 18.0 Å². The van der Waals surface area contributed by atoms with Crippen LogP contribution in [0, 0.1) is 0 Å². The highest BCUT2D eigenvalue weighted by atomic mass is 19.1. The Bertz CT molecular complexity index is 504. The number of aliphatic hydroxyl groups excluding tert-OH is 2. The van der Waals surface area contributed by atoms with Crippen molar-refractivity contribution in [2.24, 2.45) is 0 Å². The fourth-order valence-corrected chi connectivity index (χ4v) is 1.97. The topological polar surface area (TPSA) is 111 Å². The van der Waals surface area contributed by atoms with Gasteiger partial charge in [-0.05, 0) is 13.0 Å². The Labute approximate surface area is 102 Å². The first-order chi connectivity index (χ1) is 8.37. The minimum absolute atomic E-state index is 0.00839. The maximum Gasteiger partial charge on any atom is 0.351 e. The van der Waals surface area contributed by atoms with Gasteiger partial charge < -0.3 is 20.7 Å². The molecule has 2 rings (SSSR count). The van der Waals surface area contributed by atoms with Crippen molar-refractivity contribution in [1.82, 2.24) is 9.55 Å². The van der Waals surface area contributed by atoms with Crippen molar-refractivity contribution in [3.05, 3.63) is 22.7 Å². The number of aliphatic hydroxyl groups is 2. The third-order valence-electron chi connectivity index (χ3n) is 3.00. The first kappa shape index (κ1) is 12.9. The summed E-state index contributed by atoms with van der Waals surface area (Å²) in [7, 11) is 0. The van der Waals surface area contributed by atoms with Crippen molar-refractivity contribution in [3.8, 4) is 0 Å². The third-order valence-corrected chi connectivity index (χ3v) is 3.00. The Morgan fingerprint density at radius 1 is 1.72 bits per heavy atom. The van der Waals surface area contributed by atoms with Gasteiger partial charge in [0.25, 0.3) is 0 Å². The Morgan fingerprint density at radius 2 is 2.39 bits per heavy atom. The molecule has 0 amide bonds. The number of ether oxygens (including phenoxy) is 1. The van der Waals surface area contributed by atoms with E-state index in [-0.39, 0.29) is 5.82 Å². The lowest BCUT2D eigenvalue weighted by molar-refractivity contribution is -0.0610. The van der Waals surface area contributed by atoms with E-state index in [0.29, 0.717) is 0 Å². The van der Waals surface area contributed by atoms with Crippen LogP contribution in [-0.2, 0) is 4.74 Å². The molecule has 8 heteroatoms. The van der Waals surface area contributed by atoms with Crippen molar-refractivity contribution < 1.29 is 19.3 Å². The summed E-state index contributed by atoms with van der Waals surface area (Å²) in [5.41, 5.74) is 2.33. The van der Waals surface area contributed by atoms with E-state index in [2.05, 4.69) is 4.98 Å². The highest BCUT2D eigenvalue weighted by Crippen LogP contribution is 2.40. The number of nitrogens with zero attached hydrogens (tertiary/aromatic N) is 2. The summed E-state index contributed by atoms with van der Waals surface area (Å²) in [6, 6.07) is 1.32. The Kier molecular flexibility index (Phi) is 3.09. The van der Waals surface area contributed by atoms with Crippen molar-refractivity contribution >= 4 is 5.82 Å². The van der Waals surface area contributed by atoms with Crippen molar-refractivity contribution in [2.45, 2.75) is 31.0 Å². The number of hydrogen-bond donors (Lipinski definition) is 3. The number of nitrogens with two attached hydrogens (primary N) is 1. The Hall–Kier alpha value is -1.51. The van der Waals surface area contributed by atoms with E-state index in [1.165, 1.54) is 12.3 Å². The molecule has 7 nitrogen and oxygen atoms in total. The van der Waals surface area contributed by atoms with Gasteiger partial charge in [-0.1, -0.05) is 0 Å². The molecule has 0 radical (unpaired) electrons. The zero-order valence-corrected chi connectivity index (χ0v) is 9.65. The summed E-state index contributed by atoms with van der Waals surface area (Å²) in [6.45, 7) is 0.551. The largest absolute Gasteiger partial charge is 0.394 e. The molecule has 1 aromatic rings. The number of nitrogen functional groups attached to an aromatic ring is 1. The first-order valence-corrected chi connectivity index (χ1v) is 5.36. The summed E-state index contributed by atoms with van der Waals surface area (Å²) < 4.78 is 20.4. The normalized spacial score (nSPS) is 35.9. The monoisotopic (exact) mass is 259 g/mol. The predicted molar refractivity (Wildman–Crippen MR) is 59.4 cm³/mol. The van der Waals surface area contributed by atoms with Gasteiger partial charge in [0, 0.05) is 6.20 Å². The number of rotatable bonds is 2. The van der Waals surface area contributed by atoms with Crippen LogP contribution in [0.1, 0.15) is 13.2 Å². The average Bonchev–Trinajstić information content (AvgIpc) is 2.52. The second kappa shape index (κ2) is 4.30. The van der Waals surface area contributed by atoms with E-state index in [9.17, 15) is 14.3 Å². The molecule has 0 unspecified atom stereocenters. The van der Waals surface area contributed by atoms with Crippen LogP contribution in [0.4, 0.5) is 10.2 Å². The van der Waals surface area contributed by atoms with Crippen LogP contribution < -0.4 is 11.4 Å². The molecule has 100 valence electrons. The minimum Gasteiger partial charge on any atom is -0.394 e. The lowest BCUT2D eigenvalue weighted by Gasteiger charge is -2.24. The molecule has 2 heterocycles. The molecular weight excluding hydrogens is 245 g/mol. The van der Waals surface area contributed by atoms with Gasteiger partial charge in [0.15, 0.2) is 11.9 Å². The van der Waals surface area contributed by atoms with Gasteiger partial charge in [-0.15, -0.1) is 0 Å². The second-order valence-electron chi connectivity index (χ2n) is 4.35. The van der Waals surface area contributed by atoms with E-state index in [1.807, 2.05) is 0 Å². The maximum atomic E-state index is 14.4. The molecule has 1 aliphatic rings. The van der Waals surface area contributed by atoms with Crippen LogP contribution in [0.25, 0.3) is 0 Å². The highest BCUT2D eigenvalue weighted by molar-refractivity contribution is 5.23. The number of halogens is 1. The van der Waals surface area contributed by atoms with Crippen molar-refractivity contribution in [1.29, 1.82) is 0 Å². The number of alkyl halides is 1. The summed E-state index contributed by atoms with van der Waals surface area (Å²) in [5, 5.41) is 18.6. The number of hydrogen-bond acceptors (Lipinski definition) is 6. The van der Waals surface area contributed by atoms with Gasteiger partial charge in [0.2, 0.25) is 0 Å². The molecule has 4 atom stereocenters. The summed E-state index contributed by atoms with van der Waals surface area (Å²) in [6.07, 6.45) is -2.74. The fourth-order valence-electron chi connectivity index (χ4n) is 1.97. The van der Waals surface area contributed by atoms with Crippen LogP contribution in [0.3, 0.4) is 0 Å². The molecule has 0 aliphatic carbocycles. The molecule has 4 N–H and O–H groups in total. The zero-order chi connectivity index (χ0) is 13.5. The van der Waals surface area contributed by atoms with Gasteiger partial charge in [-0.2, -0.15) is 4.98 Å². The minimum atomic E-state index is -2.21. The van der Waals surface area contributed by atoms with E-state index < -0.39 is 36.4 Å². The molecule has 0 saturated carbocycles. The van der Waals surface area contributed by atoms with Gasteiger partial charge in [-0.25, -0.2) is 9.18 Å². The molecule has 1 fully saturated rings. The standard InChI is InChI=1S/C10H14FN3O4/c1-10(11)7(16)5(4-15)18-8(10)14-3-2-6(12)13-9(14)17/h2-3,5,7-8,15-16H,4H2,1H3,(H2,12,13,17)/t5-,7-,8+,10-/m1/s1. The highest BCUT2D eigenvalue weighted by Gasteiger charge is 2.55.